The highest BCUT2D eigenvalue weighted by Crippen LogP contribution is 2.47. The number of hydrogen-bond acceptors (Lipinski definition) is 0. The Morgan fingerprint density at radius 1 is 0.200 bits per heavy atom. The Labute approximate surface area is 291 Å². The number of rotatable bonds is 4. The standard InChI is InChI=1S/C50H32/c1-4-14-36-29-39(24-21-33(36)11-1)40-27-28-47-48(32-40)49(42-26-23-35-13-3-6-16-38(35)31-42)45-19-9-10-20-46(45)50(47)44-18-8-7-17-43(44)41-25-22-34-12-2-5-15-37(34)30-41/h1-32H. The Kier molecular flexibility index (Phi) is 6.60. The third-order valence-corrected chi connectivity index (χ3v) is 10.4. The van der Waals surface area contributed by atoms with E-state index in [2.05, 4.69) is 194 Å². The van der Waals surface area contributed by atoms with E-state index in [0.717, 1.165) is 0 Å². The Hall–Kier alpha value is -6.50. The summed E-state index contributed by atoms with van der Waals surface area (Å²) in [5.74, 6) is 0. The van der Waals surface area contributed by atoms with Crippen LogP contribution in [-0.4, -0.2) is 0 Å². The van der Waals surface area contributed by atoms with E-state index in [0.29, 0.717) is 0 Å². The molecule has 232 valence electrons. The molecule has 0 heterocycles. The molecule has 0 aliphatic carbocycles. The predicted molar refractivity (Wildman–Crippen MR) is 216 cm³/mol. The lowest BCUT2D eigenvalue weighted by molar-refractivity contribution is 1.62. The van der Waals surface area contributed by atoms with Gasteiger partial charge in [-0.1, -0.05) is 170 Å². The van der Waals surface area contributed by atoms with E-state index >= 15 is 0 Å². The molecule has 0 nitrogen and oxygen atoms in total. The van der Waals surface area contributed by atoms with Crippen LogP contribution in [-0.2, 0) is 0 Å². The van der Waals surface area contributed by atoms with E-state index in [4.69, 9.17) is 0 Å². The van der Waals surface area contributed by atoms with Gasteiger partial charge in [0.05, 0.1) is 0 Å². The average Bonchev–Trinajstić information content (AvgIpc) is 3.19. The number of hydrogen-bond donors (Lipinski definition) is 0. The molecule has 0 saturated heterocycles. The lowest BCUT2D eigenvalue weighted by atomic mass is 9.82. The van der Waals surface area contributed by atoms with Crippen molar-refractivity contribution < 1.29 is 0 Å². The molecule has 50 heavy (non-hydrogen) atoms. The third-order valence-electron chi connectivity index (χ3n) is 10.4. The van der Waals surface area contributed by atoms with Crippen LogP contribution in [0.2, 0.25) is 0 Å². The first-order chi connectivity index (χ1) is 24.8. The molecule has 0 bridgehead atoms. The largest absolute Gasteiger partial charge is 0.0616 e. The zero-order valence-corrected chi connectivity index (χ0v) is 27.5. The second kappa shape index (κ2) is 11.6. The van der Waals surface area contributed by atoms with Crippen LogP contribution in [0.25, 0.3) is 98.4 Å². The third kappa shape index (κ3) is 4.69. The fourth-order valence-corrected chi connectivity index (χ4v) is 7.98. The highest BCUT2D eigenvalue weighted by molar-refractivity contribution is 6.23. The van der Waals surface area contributed by atoms with Gasteiger partial charge in [0.1, 0.15) is 0 Å². The van der Waals surface area contributed by atoms with Crippen LogP contribution in [0.4, 0.5) is 0 Å². The van der Waals surface area contributed by atoms with Crippen molar-refractivity contribution in [1.82, 2.24) is 0 Å². The normalized spacial score (nSPS) is 11.6. The maximum absolute atomic E-state index is 2.43. The molecule has 0 radical (unpaired) electrons. The summed E-state index contributed by atoms with van der Waals surface area (Å²) in [6.45, 7) is 0. The summed E-state index contributed by atoms with van der Waals surface area (Å²) in [6, 6.07) is 71.5. The molecule has 0 amide bonds. The Balaban J connectivity index is 1.30. The summed E-state index contributed by atoms with van der Waals surface area (Å²) in [6.07, 6.45) is 0. The quantitative estimate of drug-likeness (QED) is 0.169. The predicted octanol–water partition coefficient (Wildman–Crippen LogP) is 14.1. The van der Waals surface area contributed by atoms with Crippen molar-refractivity contribution in [2.45, 2.75) is 0 Å². The zero-order valence-electron chi connectivity index (χ0n) is 27.5. The van der Waals surface area contributed by atoms with Crippen LogP contribution >= 0.6 is 0 Å². The van der Waals surface area contributed by atoms with Crippen molar-refractivity contribution in [2.24, 2.45) is 0 Å². The van der Waals surface area contributed by atoms with E-state index in [1.54, 1.807) is 0 Å². The van der Waals surface area contributed by atoms with Gasteiger partial charge in [-0.25, -0.2) is 0 Å². The average molecular weight is 633 g/mol. The maximum Gasteiger partial charge on any atom is -0.00201 e. The van der Waals surface area contributed by atoms with Crippen LogP contribution in [0.3, 0.4) is 0 Å². The smallest absolute Gasteiger partial charge is 0.00201 e. The van der Waals surface area contributed by atoms with Gasteiger partial charge in [0.15, 0.2) is 0 Å². The van der Waals surface area contributed by atoms with Crippen LogP contribution in [0.1, 0.15) is 0 Å². The summed E-state index contributed by atoms with van der Waals surface area (Å²) >= 11 is 0. The van der Waals surface area contributed by atoms with E-state index in [9.17, 15) is 0 Å². The van der Waals surface area contributed by atoms with Gasteiger partial charge in [-0.2, -0.15) is 0 Å². The first-order valence-corrected chi connectivity index (χ1v) is 17.3. The van der Waals surface area contributed by atoms with Crippen LogP contribution < -0.4 is 0 Å². The second-order valence-electron chi connectivity index (χ2n) is 13.3. The highest BCUT2D eigenvalue weighted by Gasteiger charge is 2.20. The molecule has 10 aromatic rings. The van der Waals surface area contributed by atoms with Gasteiger partial charge >= 0.3 is 0 Å². The lowest BCUT2D eigenvalue weighted by Gasteiger charge is -2.21. The van der Waals surface area contributed by atoms with Gasteiger partial charge in [0, 0.05) is 0 Å². The molecule has 0 aromatic heterocycles. The Morgan fingerprint density at radius 3 is 1.24 bits per heavy atom. The molecule has 0 fully saturated rings. The van der Waals surface area contributed by atoms with Gasteiger partial charge in [-0.3, -0.25) is 0 Å². The van der Waals surface area contributed by atoms with Crippen molar-refractivity contribution in [1.29, 1.82) is 0 Å². The highest BCUT2D eigenvalue weighted by atomic mass is 14.2. The first-order valence-electron chi connectivity index (χ1n) is 17.3. The monoisotopic (exact) mass is 632 g/mol. The lowest BCUT2D eigenvalue weighted by Crippen LogP contribution is -1.93. The molecule has 0 aliphatic rings. The van der Waals surface area contributed by atoms with Crippen LogP contribution in [0.5, 0.6) is 0 Å². The minimum atomic E-state index is 1.22. The molecule has 0 N–H and O–H groups in total. The van der Waals surface area contributed by atoms with E-state index in [1.807, 2.05) is 0 Å². The van der Waals surface area contributed by atoms with Gasteiger partial charge in [0.25, 0.3) is 0 Å². The molecule has 0 aliphatic heterocycles. The van der Waals surface area contributed by atoms with Crippen LogP contribution in [0.15, 0.2) is 194 Å². The zero-order chi connectivity index (χ0) is 33.0. The van der Waals surface area contributed by atoms with E-state index in [1.165, 1.54) is 98.4 Å². The number of benzene rings is 10. The molecule has 10 rings (SSSR count). The van der Waals surface area contributed by atoms with Gasteiger partial charge < -0.3 is 0 Å². The molecule has 10 aromatic carbocycles. The Bertz CT molecular complexity index is 2930. The van der Waals surface area contributed by atoms with Gasteiger partial charge in [0.2, 0.25) is 0 Å². The minimum absolute atomic E-state index is 1.22. The minimum Gasteiger partial charge on any atom is -0.0616 e. The van der Waals surface area contributed by atoms with Crippen molar-refractivity contribution in [3.63, 3.8) is 0 Å². The van der Waals surface area contributed by atoms with Crippen molar-refractivity contribution >= 4 is 53.9 Å². The fourth-order valence-electron chi connectivity index (χ4n) is 7.98. The summed E-state index contributed by atoms with van der Waals surface area (Å²) < 4.78 is 0. The fraction of sp³-hybridized carbons (Fsp3) is 0. The number of fused-ring (bicyclic) bond motifs is 5. The Morgan fingerprint density at radius 2 is 0.600 bits per heavy atom. The van der Waals surface area contributed by atoms with Gasteiger partial charge in [-0.15, -0.1) is 0 Å². The molecular weight excluding hydrogens is 601 g/mol. The van der Waals surface area contributed by atoms with Gasteiger partial charge in [-0.05, 0) is 123 Å². The first kappa shape index (κ1) is 28.5. The molecule has 0 unspecified atom stereocenters. The second-order valence-corrected chi connectivity index (χ2v) is 13.3. The summed E-state index contributed by atoms with van der Waals surface area (Å²) in [5.41, 5.74) is 9.92. The topological polar surface area (TPSA) is 0 Å². The summed E-state index contributed by atoms with van der Waals surface area (Å²) in [7, 11) is 0. The maximum atomic E-state index is 2.43. The molecular formula is C50H32. The summed E-state index contributed by atoms with van der Waals surface area (Å²) in [4.78, 5) is 0. The molecule has 0 saturated carbocycles. The molecule has 0 atom stereocenters. The molecule has 0 spiro atoms. The van der Waals surface area contributed by atoms with E-state index in [-0.39, 0.29) is 0 Å². The van der Waals surface area contributed by atoms with Crippen molar-refractivity contribution in [3.05, 3.63) is 194 Å². The summed E-state index contributed by atoms with van der Waals surface area (Å²) in [5, 5.41) is 12.5. The SMILES string of the molecule is c1ccc(-c2c3ccccc3c(-c3ccc4ccccc4c3)c3cc(-c4ccc5ccccc5c4)ccc23)c(-c2ccc3ccccc3c2)c1. The molecule has 0 heteroatoms. The van der Waals surface area contributed by atoms with E-state index < -0.39 is 0 Å². The van der Waals surface area contributed by atoms with Crippen molar-refractivity contribution in [3.8, 4) is 44.5 Å². The van der Waals surface area contributed by atoms with Crippen LogP contribution in [0, 0.1) is 0 Å². The van der Waals surface area contributed by atoms with Crippen molar-refractivity contribution in [2.75, 3.05) is 0 Å².